The van der Waals surface area contributed by atoms with E-state index < -0.39 is 0 Å². The summed E-state index contributed by atoms with van der Waals surface area (Å²) in [6.07, 6.45) is 1.69. The zero-order valence-electron chi connectivity index (χ0n) is 14.1. The van der Waals surface area contributed by atoms with Crippen molar-refractivity contribution in [2.75, 3.05) is 16.8 Å². The third-order valence-corrected chi connectivity index (χ3v) is 4.08. The monoisotopic (exact) mass is 353 g/mol. The SMILES string of the molecule is CCN(Cc1ccccc1)c1cnnc(NCc2ccc(Cl)cc2)n1. The van der Waals surface area contributed by atoms with Gasteiger partial charge in [-0.15, -0.1) is 5.10 Å². The van der Waals surface area contributed by atoms with Crippen molar-refractivity contribution in [1.82, 2.24) is 15.2 Å². The van der Waals surface area contributed by atoms with Gasteiger partial charge in [0.2, 0.25) is 5.95 Å². The molecule has 3 rings (SSSR count). The van der Waals surface area contributed by atoms with Crippen molar-refractivity contribution in [3.63, 3.8) is 0 Å². The topological polar surface area (TPSA) is 53.9 Å². The lowest BCUT2D eigenvalue weighted by molar-refractivity contribution is 0.796. The Balaban J connectivity index is 1.68. The van der Waals surface area contributed by atoms with Gasteiger partial charge in [-0.05, 0) is 30.2 Å². The Morgan fingerprint density at radius 1 is 1.00 bits per heavy atom. The van der Waals surface area contributed by atoms with Crippen LogP contribution in [0.3, 0.4) is 0 Å². The Morgan fingerprint density at radius 2 is 1.76 bits per heavy atom. The number of anilines is 2. The highest BCUT2D eigenvalue weighted by Gasteiger charge is 2.09. The van der Waals surface area contributed by atoms with E-state index in [1.54, 1.807) is 6.20 Å². The first-order chi connectivity index (χ1) is 12.2. The Labute approximate surface area is 152 Å². The minimum atomic E-state index is 0.513. The van der Waals surface area contributed by atoms with E-state index in [-0.39, 0.29) is 0 Å². The molecule has 1 N–H and O–H groups in total. The van der Waals surface area contributed by atoms with Crippen LogP contribution in [-0.4, -0.2) is 21.7 Å². The van der Waals surface area contributed by atoms with Gasteiger partial charge in [-0.25, -0.2) is 0 Å². The van der Waals surface area contributed by atoms with E-state index >= 15 is 0 Å². The molecule has 0 spiro atoms. The van der Waals surface area contributed by atoms with Crippen molar-refractivity contribution in [3.05, 3.63) is 76.9 Å². The zero-order valence-corrected chi connectivity index (χ0v) is 14.8. The summed E-state index contributed by atoms with van der Waals surface area (Å²) in [5.74, 6) is 1.32. The molecule has 0 bridgehead atoms. The van der Waals surface area contributed by atoms with Crippen molar-refractivity contribution < 1.29 is 0 Å². The number of halogens is 1. The minimum absolute atomic E-state index is 0.513. The molecule has 0 aliphatic heterocycles. The summed E-state index contributed by atoms with van der Waals surface area (Å²) in [6.45, 7) is 4.34. The van der Waals surface area contributed by atoms with Crippen molar-refractivity contribution in [3.8, 4) is 0 Å². The van der Waals surface area contributed by atoms with E-state index in [4.69, 9.17) is 11.6 Å². The van der Waals surface area contributed by atoms with Gasteiger partial charge in [-0.1, -0.05) is 54.1 Å². The Morgan fingerprint density at radius 3 is 2.48 bits per heavy atom. The van der Waals surface area contributed by atoms with Crippen LogP contribution >= 0.6 is 11.6 Å². The van der Waals surface area contributed by atoms with Crippen molar-refractivity contribution in [2.45, 2.75) is 20.0 Å². The molecule has 0 radical (unpaired) electrons. The van der Waals surface area contributed by atoms with Gasteiger partial charge in [0.15, 0.2) is 5.82 Å². The molecule has 0 aliphatic rings. The van der Waals surface area contributed by atoms with E-state index in [1.807, 2.05) is 42.5 Å². The van der Waals surface area contributed by atoms with Crippen LogP contribution in [-0.2, 0) is 13.1 Å². The molecule has 3 aromatic rings. The third kappa shape index (κ3) is 4.90. The summed E-state index contributed by atoms with van der Waals surface area (Å²) in [7, 11) is 0. The highest BCUT2D eigenvalue weighted by Crippen LogP contribution is 2.15. The van der Waals surface area contributed by atoms with Crippen LogP contribution in [0, 0.1) is 0 Å². The van der Waals surface area contributed by atoms with Crippen LogP contribution in [0.25, 0.3) is 0 Å². The summed E-state index contributed by atoms with van der Waals surface area (Å²) in [6, 6.07) is 18.0. The maximum absolute atomic E-state index is 5.91. The van der Waals surface area contributed by atoms with Gasteiger partial charge in [-0.2, -0.15) is 10.1 Å². The Hall–Kier alpha value is -2.66. The molecular weight excluding hydrogens is 334 g/mol. The Bertz CT molecular complexity index is 792. The van der Waals surface area contributed by atoms with Gasteiger partial charge in [-0.3, -0.25) is 0 Å². The van der Waals surface area contributed by atoms with E-state index in [0.717, 1.165) is 29.5 Å². The average Bonchev–Trinajstić information content (AvgIpc) is 2.67. The van der Waals surface area contributed by atoms with Gasteiger partial charge in [0.1, 0.15) is 0 Å². The number of aromatic nitrogens is 3. The molecule has 2 aromatic carbocycles. The van der Waals surface area contributed by atoms with E-state index in [2.05, 4.69) is 44.5 Å². The predicted octanol–water partition coefficient (Wildman–Crippen LogP) is 4.16. The third-order valence-electron chi connectivity index (χ3n) is 3.83. The molecule has 6 heteroatoms. The second-order valence-corrected chi connectivity index (χ2v) is 6.05. The molecule has 1 heterocycles. The normalized spacial score (nSPS) is 10.5. The van der Waals surface area contributed by atoms with Gasteiger partial charge in [0.25, 0.3) is 0 Å². The first kappa shape index (κ1) is 17.2. The number of rotatable bonds is 7. The molecule has 128 valence electrons. The molecule has 0 fully saturated rings. The van der Waals surface area contributed by atoms with Crippen LogP contribution in [0.15, 0.2) is 60.8 Å². The Kier molecular flexibility index (Phi) is 5.80. The summed E-state index contributed by atoms with van der Waals surface area (Å²) >= 11 is 5.91. The molecule has 0 saturated carbocycles. The molecule has 0 aliphatic carbocycles. The quantitative estimate of drug-likeness (QED) is 0.691. The highest BCUT2D eigenvalue weighted by molar-refractivity contribution is 6.30. The van der Waals surface area contributed by atoms with E-state index in [9.17, 15) is 0 Å². The minimum Gasteiger partial charge on any atom is -0.351 e. The van der Waals surface area contributed by atoms with Crippen molar-refractivity contribution in [2.24, 2.45) is 0 Å². The molecule has 0 amide bonds. The van der Waals surface area contributed by atoms with E-state index in [0.29, 0.717) is 12.5 Å². The molecular formula is C19H20ClN5. The molecule has 0 atom stereocenters. The molecule has 25 heavy (non-hydrogen) atoms. The lowest BCUT2D eigenvalue weighted by Gasteiger charge is -2.21. The molecule has 0 saturated heterocycles. The molecule has 0 unspecified atom stereocenters. The summed E-state index contributed by atoms with van der Waals surface area (Å²) in [5.41, 5.74) is 2.34. The van der Waals surface area contributed by atoms with Gasteiger partial charge in [0, 0.05) is 24.7 Å². The summed E-state index contributed by atoms with van der Waals surface area (Å²) in [5, 5.41) is 12.1. The number of nitrogens with one attached hydrogen (secondary N) is 1. The first-order valence-corrected chi connectivity index (χ1v) is 8.59. The average molecular weight is 354 g/mol. The fourth-order valence-electron chi connectivity index (χ4n) is 2.46. The fraction of sp³-hybridized carbons (Fsp3) is 0.211. The number of hydrogen-bond donors (Lipinski definition) is 1. The maximum Gasteiger partial charge on any atom is 0.244 e. The summed E-state index contributed by atoms with van der Waals surface area (Å²) in [4.78, 5) is 6.75. The second kappa shape index (κ2) is 8.44. The highest BCUT2D eigenvalue weighted by atomic mass is 35.5. The molecule has 5 nitrogen and oxygen atoms in total. The van der Waals surface area contributed by atoms with Gasteiger partial charge in [0.05, 0.1) is 6.20 Å². The van der Waals surface area contributed by atoms with Gasteiger partial charge >= 0.3 is 0 Å². The van der Waals surface area contributed by atoms with Gasteiger partial charge < -0.3 is 10.2 Å². The van der Waals surface area contributed by atoms with Crippen LogP contribution in [0.4, 0.5) is 11.8 Å². The number of hydrogen-bond acceptors (Lipinski definition) is 5. The number of nitrogens with zero attached hydrogens (tertiary/aromatic N) is 4. The second-order valence-electron chi connectivity index (χ2n) is 5.62. The molecule has 1 aromatic heterocycles. The maximum atomic E-state index is 5.91. The largest absolute Gasteiger partial charge is 0.351 e. The van der Waals surface area contributed by atoms with Crippen LogP contribution < -0.4 is 10.2 Å². The van der Waals surface area contributed by atoms with Crippen LogP contribution in [0.2, 0.25) is 5.02 Å². The summed E-state index contributed by atoms with van der Waals surface area (Å²) < 4.78 is 0. The fourth-order valence-corrected chi connectivity index (χ4v) is 2.59. The standard InChI is InChI=1S/C19H20ClN5/c1-2-25(14-16-6-4-3-5-7-16)18-13-22-24-19(23-18)21-12-15-8-10-17(20)11-9-15/h3-11,13H,2,12,14H2,1H3,(H,21,23,24). The lowest BCUT2D eigenvalue weighted by atomic mass is 10.2. The predicted molar refractivity (Wildman–Crippen MR) is 102 cm³/mol. The lowest BCUT2D eigenvalue weighted by Crippen LogP contribution is -2.24. The van der Waals surface area contributed by atoms with Crippen molar-refractivity contribution >= 4 is 23.4 Å². The number of benzene rings is 2. The first-order valence-electron chi connectivity index (χ1n) is 8.21. The smallest absolute Gasteiger partial charge is 0.244 e. The van der Waals surface area contributed by atoms with Crippen LogP contribution in [0.1, 0.15) is 18.1 Å². The van der Waals surface area contributed by atoms with Crippen molar-refractivity contribution in [1.29, 1.82) is 0 Å². The van der Waals surface area contributed by atoms with E-state index in [1.165, 1.54) is 5.56 Å². The zero-order chi connectivity index (χ0) is 17.5. The van der Waals surface area contributed by atoms with Crippen LogP contribution in [0.5, 0.6) is 0 Å².